The van der Waals surface area contributed by atoms with Crippen LogP contribution in [0.4, 0.5) is 5.82 Å². The lowest BCUT2D eigenvalue weighted by Crippen LogP contribution is -2.27. The molecular formula is C11H16ClN3O. The van der Waals surface area contributed by atoms with Crippen LogP contribution in [-0.4, -0.2) is 29.7 Å². The lowest BCUT2D eigenvalue weighted by atomic mass is 10.2. The molecule has 1 fully saturated rings. The van der Waals surface area contributed by atoms with Crippen molar-refractivity contribution in [3.8, 4) is 0 Å². The van der Waals surface area contributed by atoms with Crippen LogP contribution in [-0.2, 0) is 11.3 Å². The molecule has 0 radical (unpaired) electrons. The van der Waals surface area contributed by atoms with Crippen LogP contribution >= 0.6 is 11.6 Å². The van der Waals surface area contributed by atoms with Gasteiger partial charge in [-0.15, -0.1) is 0 Å². The third kappa shape index (κ3) is 2.44. The number of halogens is 1. The number of ether oxygens (including phenoxy) is 1. The van der Waals surface area contributed by atoms with E-state index in [1.807, 2.05) is 6.07 Å². The highest BCUT2D eigenvalue weighted by Gasteiger charge is 2.22. The van der Waals surface area contributed by atoms with E-state index in [4.69, 9.17) is 16.3 Å². The summed E-state index contributed by atoms with van der Waals surface area (Å²) in [6, 6.07) is 2.35. The molecular weight excluding hydrogens is 226 g/mol. The van der Waals surface area contributed by atoms with E-state index in [9.17, 15) is 0 Å². The minimum absolute atomic E-state index is 0.399. The summed E-state index contributed by atoms with van der Waals surface area (Å²) in [6.45, 7) is 3.65. The first kappa shape index (κ1) is 11.6. The monoisotopic (exact) mass is 241 g/mol. The predicted octanol–water partition coefficient (Wildman–Crippen LogP) is 2.27. The van der Waals surface area contributed by atoms with Crippen molar-refractivity contribution in [1.29, 1.82) is 0 Å². The summed E-state index contributed by atoms with van der Waals surface area (Å²) < 4.78 is 5.03. The summed E-state index contributed by atoms with van der Waals surface area (Å²) in [5.74, 6) is 1.56. The molecule has 2 rings (SSSR count). The van der Waals surface area contributed by atoms with Crippen molar-refractivity contribution < 1.29 is 4.74 Å². The van der Waals surface area contributed by atoms with Gasteiger partial charge in [0, 0.05) is 25.8 Å². The fraction of sp³-hybridized carbons (Fsp3) is 0.636. The fourth-order valence-corrected chi connectivity index (χ4v) is 2.26. The molecule has 0 aromatic carbocycles. The van der Waals surface area contributed by atoms with Gasteiger partial charge in [0.25, 0.3) is 0 Å². The Morgan fingerprint density at radius 3 is 3.00 bits per heavy atom. The van der Waals surface area contributed by atoms with Crippen molar-refractivity contribution in [1.82, 2.24) is 9.97 Å². The van der Waals surface area contributed by atoms with E-state index in [2.05, 4.69) is 21.8 Å². The van der Waals surface area contributed by atoms with Crippen LogP contribution in [0, 0.1) is 0 Å². The molecule has 2 heterocycles. The number of rotatable bonds is 3. The summed E-state index contributed by atoms with van der Waals surface area (Å²) >= 11 is 5.98. The topological polar surface area (TPSA) is 38.2 Å². The van der Waals surface area contributed by atoms with Crippen molar-refractivity contribution in [2.45, 2.75) is 32.4 Å². The minimum atomic E-state index is 0.399. The van der Waals surface area contributed by atoms with Crippen molar-refractivity contribution in [2.24, 2.45) is 0 Å². The molecule has 0 N–H and O–H groups in total. The number of hydrogen-bond acceptors (Lipinski definition) is 4. The Bertz CT molecular complexity index is 372. The number of anilines is 1. The molecule has 0 saturated carbocycles. The van der Waals surface area contributed by atoms with Crippen LogP contribution in [0.2, 0.25) is 5.15 Å². The van der Waals surface area contributed by atoms with Crippen molar-refractivity contribution >= 4 is 17.4 Å². The summed E-state index contributed by atoms with van der Waals surface area (Å²) in [7, 11) is 1.63. The zero-order chi connectivity index (χ0) is 11.5. The highest BCUT2D eigenvalue weighted by molar-refractivity contribution is 6.29. The minimum Gasteiger partial charge on any atom is -0.377 e. The first-order valence-corrected chi connectivity index (χ1v) is 5.87. The molecule has 1 aromatic heterocycles. The molecule has 5 heteroatoms. The van der Waals surface area contributed by atoms with Crippen LogP contribution < -0.4 is 4.90 Å². The quantitative estimate of drug-likeness (QED) is 0.761. The standard InChI is InChI=1S/C11H16ClN3O/c1-8-4-3-5-15(8)11-6-9(12)13-10(14-11)7-16-2/h6,8H,3-5,7H2,1-2H3. The van der Waals surface area contributed by atoms with Gasteiger partial charge in [-0.3, -0.25) is 0 Å². The SMILES string of the molecule is COCc1nc(Cl)cc(N2CCCC2C)n1. The Morgan fingerprint density at radius 1 is 1.56 bits per heavy atom. The number of aromatic nitrogens is 2. The molecule has 4 nitrogen and oxygen atoms in total. The van der Waals surface area contributed by atoms with E-state index in [1.54, 1.807) is 7.11 Å². The number of methoxy groups -OCH3 is 1. The van der Waals surface area contributed by atoms with Crippen LogP contribution in [0.3, 0.4) is 0 Å². The van der Waals surface area contributed by atoms with Crippen LogP contribution in [0.15, 0.2) is 6.07 Å². The molecule has 1 atom stereocenters. The van der Waals surface area contributed by atoms with E-state index in [-0.39, 0.29) is 0 Å². The molecule has 1 aliphatic heterocycles. The van der Waals surface area contributed by atoms with Gasteiger partial charge >= 0.3 is 0 Å². The molecule has 0 amide bonds. The molecule has 16 heavy (non-hydrogen) atoms. The van der Waals surface area contributed by atoms with E-state index in [0.29, 0.717) is 23.6 Å². The van der Waals surface area contributed by atoms with Gasteiger partial charge < -0.3 is 9.64 Å². The van der Waals surface area contributed by atoms with Crippen LogP contribution in [0.5, 0.6) is 0 Å². The molecule has 0 spiro atoms. The first-order chi connectivity index (χ1) is 7.70. The Balaban J connectivity index is 2.25. The lowest BCUT2D eigenvalue weighted by Gasteiger charge is -2.22. The molecule has 1 unspecified atom stereocenters. The molecule has 1 aromatic rings. The lowest BCUT2D eigenvalue weighted by molar-refractivity contribution is 0.178. The van der Waals surface area contributed by atoms with Crippen molar-refractivity contribution in [3.63, 3.8) is 0 Å². The number of nitrogens with zero attached hydrogens (tertiary/aromatic N) is 3. The van der Waals surface area contributed by atoms with E-state index in [0.717, 1.165) is 12.4 Å². The zero-order valence-corrected chi connectivity index (χ0v) is 10.4. The molecule has 1 aliphatic rings. The van der Waals surface area contributed by atoms with Gasteiger partial charge in [-0.1, -0.05) is 11.6 Å². The van der Waals surface area contributed by atoms with Crippen LogP contribution in [0.1, 0.15) is 25.6 Å². The third-order valence-electron chi connectivity index (χ3n) is 2.85. The van der Waals surface area contributed by atoms with Crippen molar-refractivity contribution in [2.75, 3.05) is 18.6 Å². The largest absolute Gasteiger partial charge is 0.377 e. The molecule has 0 bridgehead atoms. The third-order valence-corrected chi connectivity index (χ3v) is 3.04. The fourth-order valence-electron chi connectivity index (χ4n) is 2.07. The molecule has 0 aliphatic carbocycles. The van der Waals surface area contributed by atoms with Gasteiger partial charge in [0.15, 0.2) is 5.82 Å². The van der Waals surface area contributed by atoms with E-state index < -0.39 is 0 Å². The summed E-state index contributed by atoms with van der Waals surface area (Å²) in [6.07, 6.45) is 2.42. The van der Waals surface area contributed by atoms with Gasteiger partial charge in [0.05, 0.1) is 0 Å². The second kappa shape index (κ2) is 4.97. The highest BCUT2D eigenvalue weighted by Crippen LogP contribution is 2.25. The zero-order valence-electron chi connectivity index (χ0n) is 9.61. The average Bonchev–Trinajstić information content (AvgIpc) is 2.64. The summed E-state index contributed by atoms with van der Waals surface area (Å²) in [4.78, 5) is 10.9. The van der Waals surface area contributed by atoms with Gasteiger partial charge in [-0.25, -0.2) is 9.97 Å². The second-order valence-corrected chi connectivity index (χ2v) is 4.47. The maximum Gasteiger partial charge on any atom is 0.158 e. The Kier molecular flexibility index (Phi) is 3.61. The van der Waals surface area contributed by atoms with Gasteiger partial charge in [-0.2, -0.15) is 0 Å². The highest BCUT2D eigenvalue weighted by atomic mass is 35.5. The van der Waals surface area contributed by atoms with Gasteiger partial charge in [0.2, 0.25) is 0 Å². The number of hydrogen-bond donors (Lipinski definition) is 0. The van der Waals surface area contributed by atoms with Gasteiger partial charge in [0.1, 0.15) is 17.6 Å². The first-order valence-electron chi connectivity index (χ1n) is 5.49. The van der Waals surface area contributed by atoms with E-state index in [1.165, 1.54) is 12.8 Å². The Hall–Kier alpha value is -0.870. The van der Waals surface area contributed by atoms with Crippen molar-refractivity contribution in [3.05, 3.63) is 17.0 Å². The molecule has 88 valence electrons. The average molecular weight is 242 g/mol. The van der Waals surface area contributed by atoms with Gasteiger partial charge in [-0.05, 0) is 19.8 Å². The Labute approximate surface area is 101 Å². The van der Waals surface area contributed by atoms with Crippen LogP contribution in [0.25, 0.3) is 0 Å². The molecule has 1 saturated heterocycles. The summed E-state index contributed by atoms with van der Waals surface area (Å²) in [5, 5.41) is 0.483. The van der Waals surface area contributed by atoms with E-state index >= 15 is 0 Å². The second-order valence-electron chi connectivity index (χ2n) is 4.08. The summed E-state index contributed by atoms with van der Waals surface area (Å²) in [5.41, 5.74) is 0. The smallest absolute Gasteiger partial charge is 0.158 e. The predicted molar refractivity (Wildman–Crippen MR) is 63.8 cm³/mol. The normalized spacial score (nSPS) is 20.4. The maximum atomic E-state index is 5.98. The maximum absolute atomic E-state index is 5.98. The Morgan fingerprint density at radius 2 is 2.38 bits per heavy atom.